The largest absolute Gasteiger partial charge is 0.487 e. The topological polar surface area (TPSA) is 52.3 Å². The number of rotatable bonds is 4. The highest BCUT2D eigenvalue weighted by Crippen LogP contribution is 2.22. The predicted molar refractivity (Wildman–Crippen MR) is 67.0 cm³/mol. The first-order valence-corrected chi connectivity index (χ1v) is 5.31. The lowest BCUT2D eigenvalue weighted by atomic mass is 10.2. The SMILES string of the molecule is Nc1cc(C=O)ccc1OCc1ccccc1. The molecule has 0 atom stereocenters. The van der Waals surface area contributed by atoms with Crippen molar-refractivity contribution in [2.45, 2.75) is 6.61 Å². The molecular formula is C14H13NO2. The van der Waals surface area contributed by atoms with E-state index < -0.39 is 0 Å². The number of hydrogen-bond acceptors (Lipinski definition) is 3. The molecule has 2 rings (SSSR count). The lowest BCUT2D eigenvalue weighted by Gasteiger charge is -2.09. The molecule has 0 fully saturated rings. The number of carbonyl (C=O) groups excluding carboxylic acids is 1. The summed E-state index contributed by atoms with van der Waals surface area (Å²) in [6.45, 7) is 0.464. The molecule has 0 heterocycles. The molecule has 0 amide bonds. The summed E-state index contributed by atoms with van der Waals surface area (Å²) < 4.78 is 5.58. The van der Waals surface area contributed by atoms with Gasteiger partial charge in [0, 0.05) is 5.56 Å². The normalized spacial score (nSPS) is 9.88. The molecule has 0 spiro atoms. The highest BCUT2D eigenvalue weighted by atomic mass is 16.5. The minimum atomic E-state index is 0.464. The number of nitrogen functional groups attached to an aromatic ring is 1. The summed E-state index contributed by atoms with van der Waals surface area (Å²) in [5, 5.41) is 0. The van der Waals surface area contributed by atoms with Crippen LogP contribution in [0.25, 0.3) is 0 Å². The first-order chi connectivity index (χ1) is 8.29. The third-order valence-corrected chi connectivity index (χ3v) is 2.41. The minimum Gasteiger partial charge on any atom is -0.487 e. The molecule has 0 saturated carbocycles. The summed E-state index contributed by atoms with van der Waals surface area (Å²) in [6, 6.07) is 14.8. The van der Waals surface area contributed by atoms with Crippen LogP contribution in [0.4, 0.5) is 5.69 Å². The molecular weight excluding hydrogens is 214 g/mol. The van der Waals surface area contributed by atoms with Crippen molar-refractivity contribution in [1.29, 1.82) is 0 Å². The first-order valence-electron chi connectivity index (χ1n) is 5.31. The van der Waals surface area contributed by atoms with Crippen LogP contribution < -0.4 is 10.5 Å². The summed E-state index contributed by atoms with van der Waals surface area (Å²) in [6.07, 6.45) is 0.761. The van der Waals surface area contributed by atoms with Gasteiger partial charge in [0.05, 0.1) is 5.69 Å². The van der Waals surface area contributed by atoms with E-state index in [1.807, 2.05) is 30.3 Å². The van der Waals surface area contributed by atoms with Gasteiger partial charge in [0.2, 0.25) is 0 Å². The Hall–Kier alpha value is -2.29. The van der Waals surface area contributed by atoms with E-state index in [2.05, 4.69) is 0 Å². The Bertz CT molecular complexity index is 509. The minimum absolute atomic E-state index is 0.464. The molecule has 0 unspecified atom stereocenters. The standard InChI is InChI=1S/C14H13NO2/c15-13-8-12(9-16)6-7-14(13)17-10-11-4-2-1-3-5-11/h1-9H,10,15H2. The van der Waals surface area contributed by atoms with Crippen molar-refractivity contribution in [2.75, 3.05) is 5.73 Å². The average Bonchev–Trinajstić information content (AvgIpc) is 2.38. The Morgan fingerprint density at radius 1 is 1.12 bits per heavy atom. The van der Waals surface area contributed by atoms with E-state index in [0.717, 1.165) is 11.8 Å². The van der Waals surface area contributed by atoms with Crippen molar-refractivity contribution in [3.05, 3.63) is 59.7 Å². The lowest BCUT2D eigenvalue weighted by molar-refractivity contribution is 0.112. The number of carbonyl (C=O) groups is 1. The molecule has 0 aliphatic carbocycles. The summed E-state index contributed by atoms with van der Waals surface area (Å²) in [5.41, 5.74) is 7.88. The summed E-state index contributed by atoms with van der Waals surface area (Å²) >= 11 is 0. The third-order valence-electron chi connectivity index (χ3n) is 2.41. The van der Waals surface area contributed by atoms with Crippen molar-refractivity contribution in [1.82, 2.24) is 0 Å². The number of anilines is 1. The highest BCUT2D eigenvalue weighted by Gasteiger charge is 2.02. The number of hydrogen-bond donors (Lipinski definition) is 1. The summed E-state index contributed by atoms with van der Waals surface area (Å²) in [4.78, 5) is 10.6. The molecule has 0 radical (unpaired) electrons. The van der Waals surface area contributed by atoms with Crippen LogP contribution in [-0.2, 0) is 6.61 Å². The van der Waals surface area contributed by atoms with Gasteiger partial charge in [0.15, 0.2) is 0 Å². The van der Waals surface area contributed by atoms with Gasteiger partial charge in [-0.2, -0.15) is 0 Å². The van der Waals surface area contributed by atoms with Gasteiger partial charge in [-0.25, -0.2) is 0 Å². The highest BCUT2D eigenvalue weighted by molar-refractivity contribution is 5.78. The van der Waals surface area contributed by atoms with Gasteiger partial charge >= 0.3 is 0 Å². The summed E-state index contributed by atoms with van der Waals surface area (Å²) in [7, 11) is 0. The van der Waals surface area contributed by atoms with Crippen molar-refractivity contribution in [3.63, 3.8) is 0 Å². The Morgan fingerprint density at radius 3 is 2.53 bits per heavy atom. The van der Waals surface area contributed by atoms with Crippen LogP contribution in [0.5, 0.6) is 5.75 Å². The average molecular weight is 227 g/mol. The second-order valence-electron chi connectivity index (χ2n) is 3.69. The maximum Gasteiger partial charge on any atom is 0.150 e. The van der Waals surface area contributed by atoms with E-state index in [4.69, 9.17) is 10.5 Å². The molecule has 2 aromatic carbocycles. The Balaban J connectivity index is 2.07. The smallest absolute Gasteiger partial charge is 0.150 e. The molecule has 0 bridgehead atoms. The quantitative estimate of drug-likeness (QED) is 0.645. The number of nitrogens with two attached hydrogens (primary N) is 1. The van der Waals surface area contributed by atoms with Crippen molar-refractivity contribution in [2.24, 2.45) is 0 Å². The van der Waals surface area contributed by atoms with Gasteiger partial charge in [-0.05, 0) is 23.8 Å². The molecule has 3 heteroatoms. The van der Waals surface area contributed by atoms with Gasteiger partial charge in [-0.15, -0.1) is 0 Å². The predicted octanol–water partition coefficient (Wildman–Crippen LogP) is 2.66. The number of aldehydes is 1. The van der Waals surface area contributed by atoms with Gasteiger partial charge in [0.1, 0.15) is 18.6 Å². The maximum atomic E-state index is 10.6. The molecule has 2 aromatic rings. The van der Waals surface area contributed by atoms with E-state index in [-0.39, 0.29) is 0 Å². The van der Waals surface area contributed by atoms with Crippen LogP contribution in [0, 0.1) is 0 Å². The first kappa shape index (κ1) is 11.2. The number of benzene rings is 2. The van der Waals surface area contributed by atoms with Gasteiger partial charge in [-0.3, -0.25) is 4.79 Å². The van der Waals surface area contributed by atoms with Crippen molar-refractivity contribution >= 4 is 12.0 Å². The fourth-order valence-corrected chi connectivity index (χ4v) is 1.51. The maximum absolute atomic E-state index is 10.6. The molecule has 2 N–H and O–H groups in total. The second-order valence-corrected chi connectivity index (χ2v) is 3.69. The fourth-order valence-electron chi connectivity index (χ4n) is 1.51. The fraction of sp³-hybridized carbons (Fsp3) is 0.0714. The van der Waals surface area contributed by atoms with Gasteiger partial charge in [0.25, 0.3) is 0 Å². The van der Waals surface area contributed by atoms with Crippen molar-refractivity contribution < 1.29 is 9.53 Å². The van der Waals surface area contributed by atoms with Crippen LogP contribution in [-0.4, -0.2) is 6.29 Å². The molecule has 3 nitrogen and oxygen atoms in total. The molecule has 86 valence electrons. The molecule has 0 aliphatic rings. The molecule has 0 aromatic heterocycles. The van der Waals surface area contributed by atoms with Crippen LogP contribution in [0.15, 0.2) is 48.5 Å². The van der Waals surface area contributed by atoms with Crippen molar-refractivity contribution in [3.8, 4) is 5.75 Å². The van der Waals surface area contributed by atoms with Crippen LogP contribution in [0.2, 0.25) is 0 Å². The summed E-state index contributed by atoms with van der Waals surface area (Å²) in [5.74, 6) is 0.597. The molecule has 0 aliphatic heterocycles. The van der Waals surface area contributed by atoms with Crippen LogP contribution >= 0.6 is 0 Å². The zero-order chi connectivity index (χ0) is 12.1. The molecule has 17 heavy (non-hydrogen) atoms. The van der Waals surface area contributed by atoms with E-state index >= 15 is 0 Å². The number of ether oxygens (including phenoxy) is 1. The third kappa shape index (κ3) is 2.84. The van der Waals surface area contributed by atoms with E-state index in [9.17, 15) is 4.79 Å². The monoisotopic (exact) mass is 227 g/mol. The van der Waals surface area contributed by atoms with E-state index in [1.54, 1.807) is 18.2 Å². The van der Waals surface area contributed by atoms with Crippen LogP contribution in [0.3, 0.4) is 0 Å². The molecule has 0 saturated heterocycles. The second kappa shape index (κ2) is 5.16. The zero-order valence-electron chi connectivity index (χ0n) is 9.30. The van der Waals surface area contributed by atoms with E-state index in [1.165, 1.54) is 0 Å². The zero-order valence-corrected chi connectivity index (χ0v) is 9.30. The Morgan fingerprint density at radius 2 is 1.88 bits per heavy atom. The Labute approximate surface area is 99.8 Å². The van der Waals surface area contributed by atoms with Crippen LogP contribution in [0.1, 0.15) is 15.9 Å². The van der Waals surface area contributed by atoms with Gasteiger partial charge < -0.3 is 10.5 Å². The van der Waals surface area contributed by atoms with Gasteiger partial charge in [-0.1, -0.05) is 30.3 Å². The Kier molecular flexibility index (Phi) is 3.40. The lowest BCUT2D eigenvalue weighted by Crippen LogP contribution is -1.99. The van der Waals surface area contributed by atoms with E-state index in [0.29, 0.717) is 23.6 Å².